The highest BCUT2D eigenvalue weighted by molar-refractivity contribution is 6.23. The first-order valence-corrected chi connectivity index (χ1v) is 13.5. The van der Waals surface area contributed by atoms with Gasteiger partial charge in [0.2, 0.25) is 0 Å². The lowest BCUT2D eigenvalue weighted by molar-refractivity contribution is -0.136. The molecule has 1 heterocycles. The van der Waals surface area contributed by atoms with E-state index in [9.17, 15) is 23.1 Å². The number of halogens is 4. The summed E-state index contributed by atoms with van der Waals surface area (Å²) in [6.07, 6.45) is -0.154. The lowest BCUT2D eigenvalue weighted by Gasteiger charge is -2.27. The molecule has 2 unspecified atom stereocenters. The Kier molecular flexibility index (Phi) is 8.03. The molecule has 3 atom stereocenters. The minimum absolute atomic E-state index is 0.165. The van der Waals surface area contributed by atoms with Crippen LogP contribution in [-0.2, 0) is 0 Å². The number of hydrogen-bond acceptors (Lipinski definition) is 3. The molecule has 0 spiro atoms. The van der Waals surface area contributed by atoms with Crippen LogP contribution in [0, 0.1) is 0 Å². The molecule has 1 aliphatic carbocycles. The fraction of sp³-hybridized carbons (Fsp3) is 0.188. The number of amides is 1. The Bertz CT molecular complexity index is 1610. The second kappa shape index (κ2) is 11.7. The summed E-state index contributed by atoms with van der Waals surface area (Å²) in [5, 5.41) is 12.8. The minimum atomic E-state index is -4.36. The van der Waals surface area contributed by atoms with Gasteiger partial charge in [0.1, 0.15) is 11.6 Å². The quantitative estimate of drug-likeness (QED) is 0.146. The van der Waals surface area contributed by atoms with Crippen LogP contribution >= 0.6 is 11.6 Å². The summed E-state index contributed by atoms with van der Waals surface area (Å²) in [4.78, 5) is 21.3. The highest BCUT2D eigenvalue weighted by Gasteiger charge is 2.32. The number of H-pyrrole nitrogens is 1. The molecule has 210 valence electrons. The number of imidazole rings is 1. The number of carbonyl (C=O) groups excluding carboxylic acids is 1. The van der Waals surface area contributed by atoms with Gasteiger partial charge in [-0.2, -0.15) is 13.2 Å². The molecule has 41 heavy (non-hydrogen) atoms. The molecule has 5 nitrogen and oxygen atoms in total. The van der Waals surface area contributed by atoms with Gasteiger partial charge < -0.3 is 15.4 Å². The number of aliphatic hydroxyl groups is 1. The molecular weight excluding hydrogens is 551 g/mol. The molecule has 1 amide bonds. The zero-order chi connectivity index (χ0) is 29.1. The smallest absolute Gasteiger partial charge is 0.389 e. The predicted molar refractivity (Wildman–Crippen MR) is 156 cm³/mol. The second-order valence-corrected chi connectivity index (χ2v) is 10.4. The maximum absolute atomic E-state index is 13.3. The average molecular weight is 578 g/mol. The zero-order valence-corrected chi connectivity index (χ0v) is 22.6. The topological polar surface area (TPSA) is 78.0 Å². The number of benzene rings is 3. The van der Waals surface area contributed by atoms with Crippen molar-refractivity contribution >= 4 is 39.9 Å². The van der Waals surface area contributed by atoms with Gasteiger partial charge in [-0.25, -0.2) is 4.98 Å². The molecule has 5 rings (SSSR count). The van der Waals surface area contributed by atoms with E-state index >= 15 is 0 Å². The number of nitrogens with one attached hydrogen (secondary N) is 2. The third-order valence-corrected chi connectivity index (χ3v) is 7.47. The van der Waals surface area contributed by atoms with E-state index in [0.717, 1.165) is 16.6 Å². The van der Waals surface area contributed by atoms with E-state index in [1.54, 1.807) is 42.5 Å². The summed E-state index contributed by atoms with van der Waals surface area (Å²) >= 11 is 6.80. The van der Waals surface area contributed by atoms with Crippen molar-refractivity contribution in [3.63, 3.8) is 0 Å². The van der Waals surface area contributed by atoms with Crippen molar-refractivity contribution in [3.8, 4) is 0 Å². The summed E-state index contributed by atoms with van der Waals surface area (Å²) in [6.45, 7) is 3.70. The van der Waals surface area contributed by atoms with Gasteiger partial charge in [-0.05, 0) is 41.8 Å². The SMILES string of the molecule is C=C(O)c1cc(C(=O)NC(CCC(F)(F)F)c2ccccc2)ccc1C1C(c2nc3ccccc3[nH]2)=CC=C[C@@H]1Cl. The van der Waals surface area contributed by atoms with Crippen molar-refractivity contribution in [3.05, 3.63) is 126 Å². The van der Waals surface area contributed by atoms with Crippen molar-refractivity contribution in [1.29, 1.82) is 0 Å². The Balaban J connectivity index is 1.47. The summed E-state index contributed by atoms with van der Waals surface area (Å²) in [5.74, 6) is -0.664. The molecule has 0 bridgehead atoms. The molecule has 0 saturated heterocycles. The van der Waals surface area contributed by atoms with Crippen LogP contribution in [0.5, 0.6) is 0 Å². The highest BCUT2D eigenvalue weighted by atomic mass is 35.5. The van der Waals surface area contributed by atoms with Crippen LogP contribution in [0.1, 0.15) is 57.7 Å². The lowest BCUT2D eigenvalue weighted by Crippen LogP contribution is -2.30. The Morgan fingerprint density at radius 2 is 1.83 bits per heavy atom. The third kappa shape index (κ3) is 6.38. The van der Waals surface area contributed by atoms with Crippen LogP contribution in [-0.4, -0.2) is 32.5 Å². The van der Waals surface area contributed by atoms with Gasteiger partial charge in [0.05, 0.1) is 22.5 Å². The van der Waals surface area contributed by atoms with E-state index in [1.807, 2.05) is 42.5 Å². The summed E-state index contributed by atoms with van der Waals surface area (Å²) in [6, 6.07) is 20.0. The fourth-order valence-electron chi connectivity index (χ4n) is 5.08. The van der Waals surface area contributed by atoms with Crippen LogP contribution in [0.25, 0.3) is 22.4 Å². The zero-order valence-electron chi connectivity index (χ0n) is 21.8. The first-order chi connectivity index (χ1) is 19.6. The largest absolute Gasteiger partial charge is 0.508 e. The van der Waals surface area contributed by atoms with Gasteiger partial charge in [0.15, 0.2) is 0 Å². The van der Waals surface area contributed by atoms with Gasteiger partial charge in [-0.15, -0.1) is 11.6 Å². The second-order valence-electron chi connectivity index (χ2n) is 9.87. The van der Waals surface area contributed by atoms with Crippen LogP contribution < -0.4 is 5.32 Å². The van der Waals surface area contributed by atoms with Gasteiger partial charge in [0, 0.05) is 29.0 Å². The van der Waals surface area contributed by atoms with Crippen molar-refractivity contribution in [2.24, 2.45) is 0 Å². The molecule has 9 heteroatoms. The molecule has 0 saturated carbocycles. The van der Waals surface area contributed by atoms with Crippen molar-refractivity contribution in [2.45, 2.75) is 36.4 Å². The monoisotopic (exact) mass is 577 g/mol. The third-order valence-electron chi connectivity index (χ3n) is 7.07. The molecule has 1 aliphatic rings. The first kappa shape index (κ1) is 28.2. The number of fused-ring (bicyclic) bond motifs is 1. The first-order valence-electron chi connectivity index (χ1n) is 13.0. The van der Waals surface area contributed by atoms with E-state index in [2.05, 4.69) is 16.9 Å². The number of allylic oxidation sites excluding steroid dienone is 4. The van der Waals surface area contributed by atoms with E-state index in [0.29, 0.717) is 22.5 Å². The van der Waals surface area contributed by atoms with Gasteiger partial charge in [0.25, 0.3) is 5.91 Å². The Morgan fingerprint density at radius 3 is 2.54 bits per heavy atom. The molecular formula is C32H27ClF3N3O2. The van der Waals surface area contributed by atoms with Crippen LogP contribution in [0.4, 0.5) is 13.2 Å². The van der Waals surface area contributed by atoms with Crippen molar-refractivity contribution < 1.29 is 23.1 Å². The number of aliphatic hydroxyl groups excluding tert-OH is 1. The molecule has 1 aromatic heterocycles. The summed E-state index contributed by atoms with van der Waals surface area (Å²) < 4.78 is 39.1. The van der Waals surface area contributed by atoms with Gasteiger partial charge in [-0.1, -0.05) is 73.3 Å². The molecule has 3 N–H and O–H groups in total. The maximum atomic E-state index is 13.3. The van der Waals surface area contributed by atoms with Crippen LogP contribution in [0.15, 0.2) is 97.6 Å². The number of rotatable bonds is 8. The Hall–Kier alpha value is -4.30. The number of aromatic amines is 1. The normalized spacial score (nSPS) is 17.7. The maximum Gasteiger partial charge on any atom is 0.389 e. The van der Waals surface area contributed by atoms with Gasteiger partial charge >= 0.3 is 6.18 Å². The number of nitrogens with zero attached hydrogens (tertiary/aromatic N) is 1. The lowest BCUT2D eigenvalue weighted by atomic mass is 9.81. The Morgan fingerprint density at radius 1 is 1.10 bits per heavy atom. The highest BCUT2D eigenvalue weighted by Crippen LogP contribution is 2.42. The van der Waals surface area contributed by atoms with Crippen molar-refractivity contribution in [1.82, 2.24) is 15.3 Å². The Labute approximate surface area is 240 Å². The average Bonchev–Trinajstić information content (AvgIpc) is 3.39. The minimum Gasteiger partial charge on any atom is -0.508 e. The van der Waals surface area contributed by atoms with Crippen LogP contribution in [0.2, 0.25) is 0 Å². The van der Waals surface area contributed by atoms with E-state index in [-0.39, 0.29) is 17.7 Å². The number of hydrogen-bond donors (Lipinski definition) is 3. The van der Waals surface area contributed by atoms with E-state index < -0.39 is 35.8 Å². The van der Waals surface area contributed by atoms with E-state index in [4.69, 9.17) is 16.6 Å². The number of carbonyl (C=O) groups is 1. The van der Waals surface area contributed by atoms with Crippen molar-refractivity contribution in [2.75, 3.05) is 0 Å². The molecule has 0 fully saturated rings. The predicted octanol–water partition coefficient (Wildman–Crippen LogP) is 8.25. The summed E-state index contributed by atoms with van der Waals surface area (Å²) in [5.41, 5.74) is 4.10. The standard InChI is InChI=1S/C32H27ClF3N3O2/c1-19(40)24-18-21(31(41)39-26(16-17-32(34,35)36)20-8-3-2-4-9-20)14-15-22(24)29-23(10-7-11-25(29)33)30-37-27-12-5-6-13-28(27)38-30/h2-15,18,25-26,29,40H,1,16-17H2,(H,37,38)(H,39,41)/t25-,26?,29?/m0/s1. The molecule has 0 radical (unpaired) electrons. The molecule has 0 aliphatic heterocycles. The number of para-hydroxylation sites is 2. The van der Waals surface area contributed by atoms with Crippen LogP contribution in [0.3, 0.4) is 0 Å². The fourth-order valence-corrected chi connectivity index (χ4v) is 5.44. The number of alkyl halides is 4. The van der Waals surface area contributed by atoms with Gasteiger partial charge in [-0.3, -0.25) is 4.79 Å². The molecule has 3 aromatic carbocycles. The summed E-state index contributed by atoms with van der Waals surface area (Å²) in [7, 11) is 0. The molecule has 4 aromatic rings. The van der Waals surface area contributed by atoms with E-state index in [1.165, 1.54) is 6.07 Å². The number of aromatic nitrogens is 2.